The lowest BCUT2D eigenvalue weighted by Gasteiger charge is -1.97. The van der Waals surface area contributed by atoms with Crippen LogP contribution < -0.4 is 5.32 Å². The summed E-state index contributed by atoms with van der Waals surface area (Å²) in [6.07, 6.45) is -0.102. The Morgan fingerprint density at radius 2 is 2.18 bits per heavy atom. The van der Waals surface area contributed by atoms with Crippen LogP contribution >= 0.6 is 11.3 Å². The largest absolute Gasteiger partial charge is 0.302 e. The molecule has 88 valence electrons. The number of fused-ring (bicyclic) bond motifs is 1. The molecule has 0 atom stereocenters. The van der Waals surface area contributed by atoms with E-state index in [2.05, 4.69) is 10.3 Å². The van der Waals surface area contributed by atoms with Crippen molar-refractivity contribution in [3.63, 3.8) is 0 Å². The highest BCUT2D eigenvalue weighted by atomic mass is 32.1. The van der Waals surface area contributed by atoms with Gasteiger partial charge in [-0.2, -0.15) is 0 Å². The minimum atomic E-state index is -0.312. The van der Waals surface area contributed by atoms with Crippen LogP contribution in [0, 0.1) is 6.92 Å². The van der Waals surface area contributed by atoms with Crippen molar-refractivity contribution in [1.82, 2.24) is 4.98 Å². The van der Waals surface area contributed by atoms with Crippen molar-refractivity contribution in [2.75, 3.05) is 5.32 Å². The second-order valence-corrected chi connectivity index (χ2v) is 4.95. The second kappa shape index (κ2) is 4.63. The maximum Gasteiger partial charge on any atom is 0.233 e. The van der Waals surface area contributed by atoms with Gasteiger partial charge in [0, 0.05) is 0 Å². The number of amides is 1. The number of thiazole rings is 1. The molecule has 0 bridgehead atoms. The van der Waals surface area contributed by atoms with Crippen molar-refractivity contribution in [2.45, 2.75) is 20.3 Å². The first-order valence-electron chi connectivity index (χ1n) is 5.21. The lowest BCUT2D eigenvalue weighted by molar-refractivity contribution is -0.124. The van der Waals surface area contributed by atoms with Crippen LogP contribution in [0.15, 0.2) is 18.2 Å². The van der Waals surface area contributed by atoms with Gasteiger partial charge in [-0.05, 0) is 31.5 Å². The molecule has 0 aliphatic carbocycles. The molecule has 0 aliphatic heterocycles. The van der Waals surface area contributed by atoms with E-state index in [0.29, 0.717) is 5.13 Å². The first-order valence-corrected chi connectivity index (χ1v) is 6.03. The maximum atomic E-state index is 11.4. The first-order chi connectivity index (χ1) is 8.04. The Labute approximate surface area is 103 Å². The molecule has 5 heteroatoms. The SMILES string of the molecule is CC(=O)CC(=O)Nc1nc2ccc(C)cc2s1. The molecule has 2 aromatic rings. The monoisotopic (exact) mass is 248 g/mol. The molecule has 0 radical (unpaired) electrons. The summed E-state index contributed by atoms with van der Waals surface area (Å²) in [6, 6.07) is 5.92. The van der Waals surface area contributed by atoms with E-state index in [9.17, 15) is 9.59 Å². The Morgan fingerprint density at radius 3 is 2.88 bits per heavy atom. The van der Waals surface area contributed by atoms with Crippen LogP contribution in [0.25, 0.3) is 10.2 Å². The van der Waals surface area contributed by atoms with Crippen molar-refractivity contribution in [3.05, 3.63) is 23.8 Å². The highest BCUT2D eigenvalue weighted by Crippen LogP contribution is 2.26. The van der Waals surface area contributed by atoms with Gasteiger partial charge < -0.3 is 5.32 Å². The summed E-state index contributed by atoms with van der Waals surface area (Å²) in [5.74, 6) is -0.465. The van der Waals surface area contributed by atoms with E-state index < -0.39 is 0 Å². The third kappa shape index (κ3) is 2.88. The summed E-state index contributed by atoms with van der Waals surface area (Å²) in [4.78, 5) is 26.5. The van der Waals surface area contributed by atoms with Gasteiger partial charge in [-0.1, -0.05) is 17.4 Å². The number of anilines is 1. The summed E-state index contributed by atoms with van der Waals surface area (Å²) in [6.45, 7) is 3.40. The Morgan fingerprint density at radius 1 is 1.41 bits per heavy atom. The van der Waals surface area contributed by atoms with E-state index in [1.54, 1.807) is 0 Å². The zero-order chi connectivity index (χ0) is 12.4. The average Bonchev–Trinajstić information content (AvgIpc) is 2.57. The quantitative estimate of drug-likeness (QED) is 0.849. The number of carbonyl (C=O) groups is 2. The number of benzene rings is 1. The Hall–Kier alpha value is -1.75. The van der Waals surface area contributed by atoms with E-state index in [0.717, 1.165) is 15.8 Å². The maximum absolute atomic E-state index is 11.4. The topological polar surface area (TPSA) is 59.1 Å². The Bertz CT molecular complexity index is 589. The Balaban J connectivity index is 2.19. The number of carbonyl (C=O) groups excluding carboxylic acids is 2. The van der Waals surface area contributed by atoms with E-state index in [1.165, 1.54) is 18.3 Å². The van der Waals surface area contributed by atoms with Crippen LogP contribution in [-0.4, -0.2) is 16.7 Å². The van der Waals surface area contributed by atoms with E-state index in [4.69, 9.17) is 0 Å². The van der Waals surface area contributed by atoms with E-state index >= 15 is 0 Å². The van der Waals surface area contributed by atoms with Crippen molar-refractivity contribution < 1.29 is 9.59 Å². The minimum Gasteiger partial charge on any atom is -0.302 e. The zero-order valence-corrected chi connectivity index (χ0v) is 10.4. The summed E-state index contributed by atoms with van der Waals surface area (Å²) in [7, 11) is 0. The van der Waals surface area contributed by atoms with Crippen molar-refractivity contribution in [1.29, 1.82) is 0 Å². The van der Waals surface area contributed by atoms with Crippen LogP contribution in [0.5, 0.6) is 0 Å². The summed E-state index contributed by atoms with van der Waals surface area (Å²) >= 11 is 1.41. The molecule has 1 heterocycles. The third-order valence-corrected chi connectivity index (χ3v) is 3.13. The second-order valence-electron chi connectivity index (χ2n) is 3.92. The van der Waals surface area contributed by atoms with Crippen LogP contribution in [0.1, 0.15) is 18.9 Å². The molecule has 0 saturated heterocycles. The lowest BCUT2D eigenvalue weighted by Crippen LogP contribution is -2.14. The molecule has 1 aromatic heterocycles. The van der Waals surface area contributed by atoms with E-state index in [1.807, 2.05) is 25.1 Å². The summed E-state index contributed by atoms with van der Waals surface area (Å²) < 4.78 is 1.03. The normalized spacial score (nSPS) is 10.5. The molecule has 2 rings (SSSR count). The minimum absolute atomic E-state index is 0.102. The third-order valence-electron chi connectivity index (χ3n) is 2.20. The molecule has 0 fully saturated rings. The van der Waals surface area contributed by atoms with Gasteiger partial charge in [0.1, 0.15) is 5.78 Å². The number of hydrogen-bond acceptors (Lipinski definition) is 4. The molecule has 4 nitrogen and oxygen atoms in total. The van der Waals surface area contributed by atoms with Crippen LogP contribution in [0.3, 0.4) is 0 Å². The van der Waals surface area contributed by atoms with Gasteiger partial charge in [-0.25, -0.2) is 4.98 Å². The number of nitrogens with zero attached hydrogens (tertiary/aromatic N) is 1. The molecule has 0 aliphatic rings. The molecule has 1 aromatic carbocycles. The predicted octanol–water partition coefficient (Wildman–Crippen LogP) is 2.52. The van der Waals surface area contributed by atoms with Crippen molar-refractivity contribution in [2.24, 2.45) is 0 Å². The van der Waals surface area contributed by atoms with Gasteiger partial charge in [0.15, 0.2) is 5.13 Å². The highest BCUT2D eigenvalue weighted by molar-refractivity contribution is 7.22. The molecular formula is C12H12N2O2S. The molecule has 0 spiro atoms. The number of aromatic nitrogens is 1. The lowest BCUT2D eigenvalue weighted by atomic mass is 10.2. The molecule has 1 N–H and O–H groups in total. The summed E-state index contributed by atoms with van der Waals surface area (Å²) in [5, 5.41) is 3.17. The Kier molecular flexibility index (Phi) is 3.19. The van der Waals surface area contributed by atoms with E-state index in [-0.39, 0.29) is 18.1 Å². The number of Topliss-reactive ketones (excluding diaryl/α,β-unsaturated/α-hetero) is 1. The van der Waals surface area contributed by atoms with Crippen LogP contribution in [0.2, 0.25) is 0 Å². The summed E-state index contributed by atoms with van der Waals surface area (Å²) in [5.41, 5.74) is 2.02. The fraction of sp³-hybridized carbons (Fsp3) is 0.250. The molecule has 0 unspecified atom stereocenters. The number of rotatable bonds is 3. The fourth-order valence-corrected chi connectivity index (χ4v) is 2.46. The van der Waals surface area contributed by atoms with Crippen LogP contribution in [-0.2, 0) is 9.59 Å². The number of nitrogens with one attached hydrogen (secondary N) is 1. The van der Waals surface area contributed by atoms with Gasteiger partial charge >= 0.3 is 0 Å². The van der Waals surface area contributed by atoms with Gasteiger partial charge in [-0.15, -0.1) is 0 Å². The predicted molar refractivity (Wildman–Crippen MR) is 68.3 cm³/mol. The number of aryl methyl sites for hydroxylation is 1. The first kappa shape index (κ1) is 11.7. The van der Waals surface area contributed by atoms with Crippen LogP contribution in [0.4, 0.5) is 5.13 Å². The van der Waals surface area contributed by atoms with Gasteiger partial charge in [0.25, 0.3) is 0 Å². The van der Waals surface area contributed by atoms with Crippen molar-refractivity contribution >= 4 is 38.4 Å². The zero-order valence-electron chi connectivity index (χ0n) is 9.61. The van der Waals surface area contributed by atoms with Gasteiger partial charge in [-0.3, -0.25) is 9.59 Å². The smallest absolute Gasteiger partial charge is 0.233 e. The highest BCUT2D eigenvalue weighted by Gasteiger charge is 2.09. The van der Waals surface area contributed by atoms with Crippen molar-refractivity contribution in [3.8, 4) is 0 Å². The standard InChI is InChI=1S/C12H12N2O2S/c1-7-3-4-9-10(5-7)17-12(13-9)14-11(16)6-8(2)15/h3-5H,6H2,1-2H3,(H,13,14,16). The average molecular weight is 248 g/mol. The van der Waals surface area contributed by atoms with Gasteiger partial charge in [0.2, 0.25) is 5.91 Å². The molecule has 17 heavy (non-hydrogen) atoms. The molecule has 1 amide bonds. The number of ketones is 1. The fourth-order valence-electron chi connectivity index (χ4n) is 1.47. The molecular weight excluding hydrogens is 236 g/mol. The molecule has 0 saturated carbocycles. The number of hydrogen-bond donors (Lipinski definition) is 1. The van der Waals surface area contributed by atoms with Gasteiger partial charge in [0.05, 0.1) is 16.6 Å².